The van der Waals surface area contributed by atoms with Crippen LogP contribution in [0.5, 0.6) is 0 Å². The molecule has 2 heterocycles. The van der Waals surface area contributed by atoms with Crippen LogP contribution in [0.4, 0.5) is 5.69 Å². The molecule has 9 nitrogen and oxygen atoms in total. The van der Waals surface area contributed by atoms with E-state index in [1.807, 2.05) is 0 Å². The zero-order valence-corrected chi connectivity index (χ0v) is 16.2. The monoisotopic (exact) mass is 389 g/mol. The first-order valence-electron chi connectivity index (χ1n) is 8.23. The minimum absolute atomic E-state index is 0.120. The van der Waals surface area contributed by atoms with Gasteiger partial charge in [-0.3, -0.25) is 4.72 Å². The third-order valence-electron chi connectivity index (χ3n) is 3.84. The molecule has 0 fully saturated rings. The number of carbonyl (C=O) groups is 1. The molecule has 0 radical (unpaired) electrons. The molecule has 27 heavy (non-hydrogen) atoms. The van der Waals surface area contributed by atoms with Crippen LogP contribution in [0, 0.1) is 20.8 Å². The van der Waals surface area contributed by atoms with Crippen LogP contribution in [0.15, 0.2) is 29.4 Å². The molecular formula is C17H19N5O4S. The van der Waals surface area contributed by atoms with Crippen molar-refractivity contribution in [2.45, 2.75) is 32.9 Å². The lowest BCUT2D eigenvalue weighted by Gasteiger charge is -2.13. The third-order valence-corrected chi connectivity index (χ3v) is 4.97. The number of sulfonamides is 1. The highest BCUT2D eigenvalue weighted by molar-refractivity contribution is 7.92. The van der Waals surface area contributed by atoms with E-state index in [-0.39, 0.29) is 23.6 Å². The number of carbonyl (C=O) groups excluding carboxylic acids is 1. The van der Waals surface area contributed by atoms with E-state index in [2.05, 4.69) is 19.8 Å². The van der Waals surface area contributed by atoms with Crippen LogP contribution in [0.2, 0.25) is 0 Å². The number of benzene rings is 1. The summed E-state index contributed by atoms with van der Waals surface area (Å²) in [5.41, 5.74) is 2.23. The average Bonchev–Trinajstić information content (AvgIpc) is 3.02. The van der Waals surface area contributed by atoms with Gasteiger partial charge in [0.15, 0.2) is 0 Å². The molecule has 0 aliphatic carbocycles. The maximum Gasteiger partial charge on any atom is 0.340 e. The van der Waals surface area contributed by atoms with Crippen LogP contribution in [0.25, 0.3) is 5.78 Å². The van der Waals surface area contributed by atoms with Crippen molar-refractivity contribution >= 4 is 27.5 Å². The zero-order chi connectivity index (χ0) is 19.8. The van der Waals surface area contributed by atoms with Crippen LogP contribution >= 0.6 is 0 Å². The van der Waals surface area contributed by atoms with Gasteiger partial charge in [-0.1, -0.05) is 12.1 Å². The Hall–Kier alpha value is -3.01. The van der Waals surface area contributed by atoms with Crippen LogP contribution in [-0.4, -0.2) is 40.6 Å². The summed E-state index contributed by atoms with van der Waals surface area (Å²) in [6.45, 7) is 7.10. The van der Waals surface area contributed by atoms with Gasteiger partial charge in [0.05, 0.1) is 17.9 Å². The topological polar surface area (TPSA) is 116 Å². The van der Waals surface area contributed by atoms with Gasteiger partial charge in [-0.2, -0.15) is 13.4 Å². The number of nitrogens with zero attached hydrogens (tertiary/aromatic N) is 4. The second-order valence-electron chi connectivity index (χ2n) is 5.97. The summed E-state index contributed by atoms with van der Waals surface area (Å²) in [7, 11) is -4.14. The van der Waals surface area contributed by atoms with E-state index in [4.69, 9.17) is 4.74 Å². The zero-order valence-electron chi connectivity index (χ0n) is 15.3. The number of esters is 1. The second-order valence-corrected chi connectivity index (χ2v) is 7.54. The summed E-state index contributed by atoms with van der Waals surface area (Å²) in [5, 5.41) is 3.61. The van der Waals surface area contributed by atoms with Crippen LogP contribution in [0.1, 0.15) is 34.2 Å². The molecular weight excluding hydrogens is 370 g/mol. The van der Waals surface area contributed by atoms with E-state index < -0.39 is 21.1 Å². The maximum absolute atomic E-state index is 12.8. The Morgan fingerprint density at radius 3 is 2.67 bits per heavy atom. The molecule has 0 saturated carbocycles. The smallest absolute Gasteiger partial charge is 0.340 e. The van der Waals surface area contributed by atoms with Crippen LogP contribution < -0.4 is 4.72 Å². The van der Waals surface area contributed by atoms with Crippen LogP contribution in [-0.2, 0) is 14.8 Å². The van der Waals surface area contributed by atoms with Gasteiger partial charge in [-0.25, -0.2) is 14.3 Å². The first-order chi connectivity index (χ1) is 12.7. The number of aromatic nitrogens is 4. The minimum Gasteiger partial charge on any atom is -0.462 e. The van der Waals surface area contributed by atoms with E-state index in [9.17, 15) is 13.2 Å². The van der Waals surface area contributed by atoms with Gasteiger partial charge in [-0.05, 0) is 45.4 Å². The molecule has 2 aromatic heterocycles. The van der Waals surface area contributed by atoms with E-state index in [0.29, 0.717) is 17.0 Å². The number of para-hydroxylation sites is 1. The van der Waals surface area contributed by atoms with E-state index in [1.54, 1.807) is 45.9 Å². The SMILES string of the molecule is CCOC(=O)c1cccc(C)c1NS(=O)(=O)c1nc2nc(C)cc(C)n2n1. The summed E-state index contributed by atoms with van der Waals surface area (Å²) in [6.07, 6.45) is 0. The largest absolute Gasteiger partial charge is 0.462 e. The summed E-state index contributed by atoms with van der Waals surface area (Å²) < 4.78 is 34.4. The van der Waals surface area contributed by atoms with E-state index >= 15 is 0 Å². The fourth-order valence-electron chi connectivity index (χ4n) is 2.62. The number of anilines is 1. The Morgan fingerprint density at radius 1 is 1.22 bits per heavy atom. The standard InChI is InChI=1S/C17H19N5O4S/c1-5-26-15(23)13-8-6-7-10(2)14(13)21-27(24,25)17-19-16-18-11(3)9-12(4)22(16)20-17/h6-9,21H,5H2,1-4H3. The molecule has 3 aromatic rings. The number of nitrogens with one attached hydrogen (secondary N) is 1. The number of fused-ring (bicyclic) bond motifs is 1. The normalized spacial score (nSPS) is 11.6. The number of ether oxygens (including phenoxy) is 1. The fraction of sp³-hybridized carbons (Fsp3) is 0.294. The van der Waals surface area contributed by atoms with E-state index in [0.717, 1.165) is 0 Å². The fourth-order valence-corrected chi connectivity index (χ4v) is 3.65. The van der Waals surface area contributed by atoms with Gasteiger partial charge in [0.1, 0.15) is 0 Å². The first kappa shape index (κ1) is 18.8. The predicted octanol–water partition coefficient (Wildman–Crippen LogP) is 2.03. The van der Waals surface area contributed by atoms with Crippen molar-refractivity contribution in [3.8, 4) is 0 Å². The molecule has 0 saturated heterocycles. The van der Waals surface area contributed by atoms with Gasteiger partial charge in [0.25, 0.3) is 21.0 Å². The molecule has 0 bridgehead atoms. The highest BCUT2D eigenvalue weighted by Gasteiger charge is 2.25. The summed E-state index contributed by atoms with van der Waals surface area (Å²) in [4.78, 5) is 20.4. The lowest BCUT2D eigenvalue weighted by molar-refractivity contribution is 0.0527. The van der Waals surface area contributed by atoms with E-state index in [1.165, 1.54) is 10.6 Å². The average molecular weight is 389 g/mol. The van der Waals surface area contributed by atoms with Crippen molar-refractivity contribution in [2.75, 3.05) is 11.3 Å². The van der Waals surface area contributed by atoms with Crippen molar-refractivity contribution < 1.29 is 17.9 Å². The Labute approximate surface area is 156 Å². The predicted molar refractivity (Wildman–Crippen MR) is 98.2 cm³/mol. The van der Waals surface area contributed by atoms with Gasteiger partial charge in [0, 0.05) is 11.4 Å². The quantitative estimate of drug-likeness (QED) is 0.664. The van der Waals surface area contributed by atoms with Gasteiger partial charge in [0.2, 0.25) is 0 Å². The van der Waals surface area contributed by atoms with Crippen LogP contribution in [0.3, 0.4) is 0 Å². The number of hydrogen-bond acceptors (Lipinski definition) is 7. The number of aryl methyl sites for hydroxylation is 3. The van der Waals surface area contributed by atoms with Gasteiger partial charge >= 0.3 is 5.97 Å². The van der Waals surface area contributed by atoms with Crippen molar-refractivity contribution in [3.63, 3.8) is 0 Å². The maximum atomic E-state index is 12.8. The lowest BCUT2D eigenvalue weighted by Crippen LogP contribution is -2.18. The third kappa shape index (κ3) is 3.61. The molecule has 1 N–H and O–H groups in total. The van der Waals surface area contributed by atoms with Gasteiger partial charge in [-0.15, -0.1) is 5.10 Å². The summed E-state index contributed by atoms with van der Waals surface area (Å²) in [6, 6.07) is 6.60. The van der Waals surface area contributed by atoms with Gasteiger partial charge < -0.3 is 4.74 Å². The van der Waals surface area contributed by atoms with Crippen molar-refractivity contribution in [1.29, 1.82) is 0 Å². The molecule has 1 aromatic carbocycles. The van der Waals surface area contributed by atoms with Crippen molar-refractivity contribution in [3.05, 3.63) is 46.8 Å². The molecule has 0 atom stereocenters. The highest BCUT2D eigenvalue weighted by atomic mass is 32.2. The molecule has 3 rings (SSSR count). The summed E-state index contributed by atoms with van der Waals surface area (Å²) >= 11 is 0. The Bertz CT molecular complexity index is 1140. The molecule has 0 aliphatic heterocycles. The molecule has 0 aliphatic rings. The first-order valence-corrected chi connectivity index (χ1v) is 9.72. The molecule has 142 valence electrons. The Kier molecular flexibility index (Phi) is 4.83. The Balaban J connectivity index is 2.05. The minimum atomic E-state index is -4.14. The molecule has 0 amide bonds. The van der Waals surface area contributed by atoms with Crippen molar-refractivity contribution in [2.24, 2.45) is 0 Å². The Morgan fingerprint density at radius 2 is 1.96 bits per heavy atom. The lowest BCUT2D eigenvalue weighted by atomic mass is 10.1. The molecule has 0 unspecified atom stereocenters. The second kappa shape index (κ2) is 6.95. The van der Waals surface area contributed by atoms with Crippen molar-refractivity contribution in [1.82, 2.24) is 19.6 Å². The summed E-state index contributed by atoms with van der Waals surface area (Å²) in [5.74, 6) is -0.432. The molecule has 0 spiro atoms. The number of rotatable bonds is 5. The number of hydrogen-bond donors (Lipinski definition) is 1. The molecule has 10 heteroatoms. The highest BCUT2D eigenvalue weighted by Crippen LogP contribution is 2.24.